The minimum Gasteiger partial charge on any atom is -0.349 e. The quantitative estimate of drug-likeness (QED) is 0.618. The molecule has 8 nitrogen and oxygen atoms in total. The van der Waals surface area contributed by atoms with E-state index in [4.69, 9.17) is 10.7 Å². The highest BCUT2D eigenvalue weighted by molar-refractivity contribution is 7.17. The van der Waals surface area contributed by atoms with E-state index in [2.05, 4.69) is 11.4 Å². The Morgan fingerprint density at radius 2 is 2.12 bits per heavy atom. The number of aromatic nitrogens is 2. The van der Waals surface area contributed by atoms with Crippen LogP contribution < -0.4 is 21.5 Å². The molecule has 1 saturated heterocycles. The maximum absolute atomic E-state index is 13.6. The zero-order chi connectivity index (χ0) is 22.2. The standard InChI is InChI=1S/C23H24N6O2S/c24-10-14-4-1-2-5-15(14)11-29-22(31)20-19(18(13-32-20)21(30)26-17-7-8-17)27-23(29)28-9-3-6-16(25)12-28/h1-2,4-5,13,16-17H,3,6-9,11-12,25H2,(H,26,30). The van der Waals surface area contributed by atoms with E-state index in [1.807, 2.05) is 17.0 Å². The first-order valence-electron chi connectivity index (χ1n) is 10.9. The van der Waals surface area contributed by atoms with Crippen molar-refractivity contribution in [2.24, 2.45) is 5.73 Å². The van der Waals surface area contributed by atoms with Crippen LogP contribution in [-0.2, 0) is 6.54 Å². The Bertz CT molecular complexity index is 1290. The highest BCUT2D eigenvalue weighted by atomic mass is 32.1. The molecule has 1 aliphatic heterocycles. The molecular weight excluding hydrogens is 424 g/mol. The average Bonchev–Trinajstić information content (AvgIpc) is 3.50. The van der Waals surface area contributed by atoms with E-state index in [1.54, 1.807) is 22.1 Å². The molecule has 2 fully saturated rings. The zero-order valence-corrected chi connectivity index (χ0v) is 18.4. The third kappa shape index (κ3) is 3.87. The summed E-state index contributed by atoms with van der Waals surface area (Å²) in [6.07, 6.45) is 3.81. The van der Waals surface area contributed by atoms with Gasteiger partial charge in [-0.15, -0.1) is 11.3 Å². The third-order valence-electron chi connectivity index (χ3n) is 6.02. The number of nitrogens with two attached hydrogens (primary N) is 1. The largest absolute Gasteiger partial charge is 0.349 e. The average molecular weight is 449 g/mol. The Balaban J connectivity index is 1.64. The van der Waals surface area contributed by atoms with Gasteiger partial charge in [-0.3, -0.25) is 14.2 Å². The molecule has 164 valence electrons. The van der Waals surface area contributed by atoms with Crippen LogP contribution in [-0.4, -0.2) is 40.6 Å². The van der Waals surface area contributed by atoms with Crippen LogP contribution in [0.1, 0.15) is 47.2 Å². The number of carbonyl (C=O) groups is 1. The predicted molar refractivity (Wildman–Crippen MR) is 124 cm³/mol. The number of thiophene rings is 1. The summed E-state index contributed by atoms with van der Waals surface area (Å²) < 4.78 is 2.07. The van der Waals surface area contributed by atoms with Crippen molar-refractivity contribution in [1.82, 2.24) is 14.9 Å². The van der Waals surface area contributed by atoms with Crippen LogP contribution in [0.15, 0.2) is 34.4 Å². The molecule has 3 aromatic rings. The van der Waals surface area contributed by atoms with Crippen molar-refractivity contribution in [2.45, 2.75) is 44.3 Å². The number of nitrogens with one attached hydrogen (secondary N) is 1. The van der Waals surface area contributed by atoms with Gasteiger partial charge >= 0.3 is 0 Å². The van der Waals surface area contributed by atoms with Crippen LogP contribution in [0.25, 0.3) is 10.2 Å². The van der Waals surface area contributed by atoms with Crippen molar-refractivity contribution in [2.75, 3.05) is 18.0 Å². The second-order valence-electron chi connectivity index (χ2n) is 8.50. The molecule has 2 aromatic heterocycles. The van der Waals surface area contributed by atoms with Gasteiger partial charge in [-0.05, 0) is 37.3 Å². The lowest BCUT2D eigenvalue weighted by Gasteiger charge is -2.33. The number of piperidine rings is 1. The Morgan fingerprint density at radius 3 is 2.88 bits per heavy atom. The van der Waals surface area contributed by atoms with Crippen LogP contribution in [0, 0.1) is 11.3 Å². The molecule has 1 saturated carbocycles. The van der Waals surface area contributed by atoms with E-state index in [0.29, 0.717) is 33.8 Å². The van der Waals surface area contributed by atoms with Gasteiger partial charge in [-0.1, -0.05) is 18.2 Å². The van der Waals surface area contributed by atoms with Gasteiger partial charge in [0.1, 0.15) is 10.2 Å². The van der Waals surface area contributed by atoms with E-state index in [9.17, 15) is 14.9 Å². The van der Waals surface area contributed by atoms with Crippen molar-refractivity contribution >= 4 is 33.4 Å². The van der Waals surface area contributed by atoms with Crippen molar-refractivity contribution in [3.05, 3.63) is 56.7 Å². The molecule has 9 heteroatoms. The molecule has 3 N–H and O–H groups in total. The number of fused-ring (bicyclic) bond motifs is 1. The summed E-state index contributed by atoms with van der Waals surface area (Å²) in [5.41, 5.74) is 8.18. The SMILES string of the molecule is N#Cc1ccccc1Cn1c(N2CCCC(N)C2)nc2c(C(=O)NC3CC3)csc2c1=O. The second kappa shape index (κ2) is 8.37. The summed E-state index contributed by atoms with van der Waals surface area (Å²) in [5.74, 6) is 0.323. The van der Waals surface area contributed by atoms with E-state index >= 15 is 0 Å². The summed E-state index contributed by atoms with van der Waals surface area (Å²) in [6.45, 7) is 1.55. The van der Waals surface area contributed by atoms with Gasteiger partial charge in [0.25, 0.3) is 11.5 Å². The Kier molecular flexibility index (Phi) is 5.41. The maximum atomic E-state index is 13.6. The van der Waals surface area contributed by atoms with Crippen LogP contribution >= 0.6 is 11.3 Å². The normalized spacial score (nSPS) is 18.5. The molecule has 3 heterocycles. The fourth-order valence-electron chi connectivity index (χ4n) is 4.15. The Labute approximate surface area is 189 Å². The number of benzene rings is 1. The van der Waals surface area contributed by atoms with Gasteiger partial charge in [-0.25, -0.2) is 4.98 Å². The Hall–Kier alpha value is -3.22. The molecule has 2 aliphatic rings. The van der Waals surface area contributed by atoms with Gasteiger partial charge in [0.05, 0.1) is 23.7 Å². The van der Waals surface area contributed by atoms with Crippen molar-refractivity contribution in [3.63, 3.8) is 0 Å². The van der Waals surface area contributed by atoms with Crippen molar-refractivity contribution < 1.29 is 4.79 Å². The number of rotatable bonds is 5. The van der Waals surface area contributed by atoms with Crippen LogP contribution in [0.5, 0.6) is 0 Å². The van der Waals surface area contributed by atoms with Gasteiger partial charge in [0, 0.05) is 30.6 Å². The van der Waals surface area contributed by atoms with E-state index in [0.717, 1.165) is 37.8 Å². The molecule has 1 aromatic carbocycles. The molecule has 1 amide bonds. The number of nitrogens with zero attached hydrogens (tertiary/aromatic N) is 4. The molecule has 0 spiro atoms. The van der Waals surface area contributed by atoms with Crippen LogP contribution in [0.3, 0.4) is 0 Å². The van der Waals surface area contributed by atoms with Crippen molar-refractivity contribution in [3.8, 4) is 6.07 Å². The summed E-state index contributed by atoms with van der Waals surface area (Å²) in [5, 5.41) is 14.2. The number of amides is 1. The topological polar surface area (TPSA) is 117 Å². The van der Waals surface area contributed by atoms with Crippen LogP contribution in [0.4, 0.5) is 5.95 Å². The molecule has 5 rings (SSSR count). The molecule has 32 heavy (non-hydrogen) atoms. The van der Waals surface area contributed by atoms with Gasteiger partial charge in [0.2, 0.25) is 5.95 Å². The van der Waals surface area contributed by atoms with Crippen molar-refractivity contribution in [1.29, 1.82) is 5.26 Å². The molecule has 1 unspecified atom stereocenters. The lowest BCUT2D eigenvalue weighted by Crippen LogP contribution is -2.45. The lowest BCUT2D eigenvalue weighted by molar-refractivity contribution is 0.0953. The summed E-state index contributed by atoms with van der Waals surface area (Å²) in [7, 11) is 0. The number of nitriles is 1. The third-order valence-corrected chi connectivity index (χ3v) is 6.98. The zero-order valence-electron chi connectivity index (χ0n) is 17.6. The smallest absolute Gasteiger partial charge is 0.273 e. The number of hydrogen-bond donors (Lipinski definition) is 2. The second-order valence-corrected chi connectivity index (χ2v) is 9.37. The highest BCUT2D eigenvalue weighted by Gasteiger charge is 2.28. The summed E-state index contributed by atoms with van der Waals surface area (Å²) >= 11 is 1.24. The minimum absolute atomic E-state index is 0.00342. The molecular formula is C23H24N6O2S. The summed E-state index contributed by atoms with van der Waals surface area (Å²) in [6, 6.07) is 9.68. The Morgan fingerprint density at radius 1 is 1.31 bits per heavy atom. The predicted octanol–water partition coefficient (Wildman–Crippen LogP) is 2.20. The fourth-order valence-corrected chi connectivity index (χ4v) is 5.09. The van der Waals surface area contributed by atoms with Crippen LogP contribution in [0.2, 0.25) is 0 Å². The number of hydrogen-bond acceptors (Lipinski definition) is 7. The van der Waals surface area contributed by atoms with Gasteiger partial charge in [-0.2, -0.15) is 5.26 Å². The minimum atomic E-state index is -0.202. The van der Waals surface area contributed by atoms with E-state index < -0.39 is 0 Å². The molecule has 0 bridgehead atoms. The number of anilines is 1. The molecule has 1 atom stereocenters. The molecule has 0 radical (unpaired) electrons. The van der Waals surface area contributed by atoms with E-state index in [1.165, 1.54) is 11.3 Å². The highest BCUT2D eigenvalue weighted by Crippen LogP contribution is 2.28. The molecule has 1 aliphatic carbocycles. The fraction of sp³-hybridized carbons (Fsp3) is 0.391. The maximum Gasteiger partial charge on any atom is 0.273 e. The lowest BCUT2D eigenvalue weighted by atomic mass is 10.1. The number of carbonyl (C=O) groups excluding carboxylic acids is 1. The van der Waals surface area contributed by atoms with Gasteiger partial charge in [0.15, 0.2) is 0 Å². The van der Waals surface area contributed by atoms with E-state index in [-0.39, 0.29) is 30.1 Å². The monoisotopic (exact) mass is 448 g/mol. The van der Waals surface area contributed by atoms with Gasteiger partial charge < -0.3 is 16.0 Å². The first kappa shape index (κ1) is 20.7. The first-order chi connectivity index (χ1) is 15.5. The summed E-state index contributed by atoms with van der Waals surface area (Å²) in [4.78, 5) is 33.3. The first-order valence-corrected chi connectivity index (χ1v) is 11.7.